The van der Waals surface area contributed by atoms with E-state index in [-0.39, 0.29) is 5.92 Å². The van der Waals surface area contributed by atoms with Crippen LogP contribution in [0.25, 0.3) is 0 Å². The van der Waals surface area contributed by atoms with E-state index < -0.39 is 0 Å². The van der Waals surface area contributed by atoms with Gasteiger partial charge in [-0.05, 0) is 18.1 Å². The van der Waals surface area contributed by atoms with E-state index in [0.717, 1.165) is 24.7 Å². The minimum atomic E-state index is 0.224. The van der Waals surface area contributed by atoms with Crippen molar-refractivity contribution in [3.8, 4) is 0 Å². The molecule has 2 heterocycles. The third-order valence-corrected chi connectivity index (χ3v) is 3.36. The Morgan fingerprint density at radius 1 is 1.33 bits per heavy atom. The lowest BCUT2D eigenvalue weighted by molar-refractivity contribution is 0.355. The third-order valence-electron chi connectivity index (χ3n) is 3.36. The first-order chi connectivity index (χ1) is 8.75. The Kier molecular flexibility index (Phi) is 2.78. The number of fused-ring (bicyclic) bond motifs is 1. The van der Waals surface area contributed by atoms with Crippen LogP contribution in [0.1, 0.15) is 49.4 Å². The molecule has 4 nitrogen and oxygen atoms in total. The van der Waals surface area contributed by atoms with Gasteiger partial charge in [0, 0.05) is 18.2 Å². The average Bonchev–Trinajstić information content (AvgIpc) is 2.87. The first kappa shape index (κ1) is 11.3. The van der Waals surface area contributed by atoms with Crippen LogP contribution in [0.2, 0.25) is 0 Å². The predicted molar refractivity (Wildman–Crippen MR) is 69.8 cm³/mol. The lowest BCUT2D eigenvalue weighted by atomic mass is 9.91. The molecule has 94 valence electrons. The van der Waals surface area contributed by atoms with Crippen LogP contribution in [0.15, 0.2) is 28.8 Å². The first-order valence-electron chi connectivity index (χ1n) is 6.42. The maximum atomic E-state index is 5.43. The SMILES string of the molecule is CC(C)c1noc(C2CCNc3ccccc32)n1. The largest absolute Gasteiger partial charge is 0.385 e. The van der Waals surface area contributed by atoms with Gasteiger partial charge in [0.1, 0.15) is 0 Å². The minimum absolute atomic E-state index is 0.224. The number of rotatable bonds is 2. The predicted octanol–water partition coefficient (Wildman–Crippen LogP) is 3.14. The molecule has 0 spiro atoms. The maximum absolute atomic E-state index is 5.43. The Bertz CT molecular complexity index is 547. The molecule has 1 atom stereocenters. The van der Waals surface area contributed by atoms with E-state index in [0.29, 0.717) is 5.92 Å². The normalized spacial score (nSPS) is 18.5. The summed E-state index contributed by atoms with van der Waals surface area (Å²) in [6, 6.07) is 8.33. The van der Waals surface area contributed by atoms with Crippen molar-refractivity contribution in [3.05, 3.63) is 41.5 Å². The zero-order valence-corrected chi connectivity index (χ0v) is 10.7. The molecule has 0 saturated carbocycles. The molecule has 1 N–H and O–H groups in total. The molecule has 4 heteroatoms. The van der Waals surface area contributed by atoms with Gasteiger partial charge in [-0.3, -0.25) is 0 Å². The number of aromatic nitrogens is 2. The second kappa shape index (κ2) is 4.44. The summed E-state index contributed by atoms with van der Waals surface area (Å²) in [7, 11) is 0. The van der Waals surface area contributed by atoms with Crippen LogP contribution in [0.4, 0.5) is 5.69 Å². The molecule has 0 aliphatic carbocycles. The summed E-state index contributed by atoms with van der Waals surface area (Å²) in [5.41, 5.74) is 2.43. The van der Waals surface area contributed by atoms with Crippen molar-refractivity contribution >= 4 is 5.69 Å². The Balaban J connectivity index is 1.97. The molecule has 0 fully saturated rings. The number of para-hydroxylation sites is 1. The lowest BCUT2D eigenvalue weighted by Gasteiger charge is -2.23. The Morgan fingerprint density at radius 2 is 2.17 bits per heavy atom. The van der Waals surface area contributed by atoms with Crippen LogP contribution >= 0.6 is 0 Å². The maximum Gasteiger partial charge on any atom is 0.234 e. The molecule has 18 heavy (non-hydrogen) atoms. The number of anilines is 1. The Labute approximate surface area is 106 Å². The van der Waals surface area contributed by atoms with Crippen molar-refractivity contribution in [3.63, 3.8) is 0 Å². The fourth-order valence-electron chi connectivity index (χ4n) is 2.35. The summed E-state index contributed by atoms with van der Waals surface area (Å²) in [5, 5.41) is 7.46. The van der Waals surface area contributed by atoms with Gasteiger partial charge in [-0.1, -0.05) is 37.2 Å². The van der Waals surface area contributed by atoms with E-state index >= 15 is 0 Å². The second-order valence-corrected chi connectivity index (χ2v) is 5.00. The minimum Gasteiger partial charge on any atom is -0.385 e. The van der Waals surface area contributed by atoms with Gasteiger partial charge in [0.2, 0.25) is 5.89 Å². The number of nitrogens with one attached hydrogen (secondary N) is 1. The molecule has 0 saturated heterocycles. The van der Waals surface area contributed by atoms with Crippen molar-refractivity contribution in [1.29, 1.82) is 0 Å². The van der Waals surface area contributed by atoms with Gasteiger partial charge in [0.25, 0.3) is 0 Å². The fourth-order valence-corrected chi connectivity index (χ4v) is 2.35. The summed E-state index contributed by atoms with van der Waals surface area (Å²) in [5.74, 6) is 2.07. The van der Waals surface area contributed by atoms with Crippen LogP contribution in [-0.4, -0.2) is 16.7 Å². The van der Waals surface area contributed by atoms with Gasteiger partial charge in [0.15, 0.2) is 5.82 Å². The fraction of sp³-hybridized carbons (Fsp3) is 0.429. The van der Waals surface area contributed by atoms with Gasteiger partial charge in [-0.25, -0.2) is 0 Å². The van der Waals surface area contributed by atoms with Gasteiger partial charge >= 0.3 is 0 Å². The van der Waals surface area contributed by atoms with Crippen molar-refractivity contribution in [2.45, 2.75) is 32.1 Å². The zero-order valence-electron chi connectivity index (χ0n) is 10.7. The summed E-state index contributed by atoms with van der Waals surface area (Å²) in [4.78, 5) is 4.53. The van der Waals surface area contributed by atoms with Gasteiger partial charge in [-0.15, -0.1) is 0 Å². The van der Waals surface area contributed by atoms with Crippen LogP contribution in [-0.2, 0) is 0 Å². The zero-order chi connectivity index (χ0) is 12.5. The molecular weight excluding hydrogens is 226 g/mol. The second-order valence-electron chi connectivity index (χ2n) is 5.00. The van der Waals surface area contributed by atoms with Gasteiger partial charge < -0.3 is 9.84 Å². The number of benzene rings is 1. The smallest absolute Gasteiger partial charge is 0.234 e. The highest BCUT2D eigenvalue weighted by Crippen LogP contribution is 2.35. The summed E-state index contributed by atoms with van der Waals surface area (Å²) >= 11 is 0. The van der Waals surface area contributed by atoms with E-state index in [2.05, 4.69) is 47.5 Å². The van der Waals surface area contributed by atoms with Gasteiger partial charge in [-0.2, -0.15) is 4.98 Å². The quantitative estimate of drug-likeness (QED) is 0.880. The Hall–Kier alpha value is -1.84. The third kappa shape index (κ3) is 1.88. The van der Waals surface area contributed by atoms with E-state index in [1.165, 1.54) is 11.3 Å². The van der Waals surface area contributed by atoms with Crippen molar-refractivity contribution in [2.75, 3.05) is 11.9 Å². The number of hydrogen-bond donors (Lipinski definition) is 1. The summed E-state index contributed by atoms with van der Waals surface area (Å²) in [6.07, 6.45) is 0.997. The average molecular weight is 243 g/mol. The number of nitrogens with zero attached hydrogens (tertiary/aromatic N) is 2. The van der Waals surface area contributed by atoms with Crippen LogP contribution in [0.5, 0.6) is 0 Å². The highest BCUT2D eigenvalue weighted by molar-refractivity contribution is 5.56. The Morgan fingerprint density at radius 3 is 2.94 bits per heavy atom. The van der Waals surface area contributed by atoms with Crippen molar-refractivity contribution < 1.29 is 4.52 Å². The standard InChI is InChI=1S/C14H17N3O/c1-9(2)13-16-14(18-17-13)11-7-8-15-12-6-4-3-5-10(11)12/h3-6,9,11,15H,7-8H2,1-2H3. The highest BCUT2D eigenvalue weighted by Gasteiger charge is 2.26. The highest BCUT2D eigenvalue weighted by atomic mass is 16.5. The van der Waals surface area contributed by atoms with Crippen molar-refractivity contribution in [1.82, 2.24) is 10.1 Å². The topological polar surface area (TPSA) is 51.0 Å². The number of hydrogen-bond acceptors (Lipinski definition) is 4. The van der Waals surface area contributed by atoms with E-state index in [1.807, 2.05) is 6.07 Å². The first-order valence-corrected chi connectivity index (χ1v) is 6.42. The molecule has 1 aliphatic rings. The molecule has 3 rings (SSSR count). The van der Waals surface area contributed by atoms with Crippen LogP contribution < -0.4 is 5.32 Å². The molecule has 1 aliphatic heterocycles. The molecule has 1 unspecified atom stereocenters. The molecular formula is C14H17N3O. The van der Waals surface area contributed by atoms with E-state index in [1.54, 1.807) is 0 Å². The van der Waals surface area contributed by atoms with E-state index in [4.69, 9.17) is 4.52 Å². The molecule has 0 bridgehead atoms. The van der Waals surface area contributed by atoms with Gasteiger partial charge in [0.05, 0.1) is 5.92 Å². The van der Waals surface area contributed by atoms with Crippen LogP contribution in [0.3, 0.4) is 0 Å². The molecule has 1 aromatic carbocycles. The lowest BCUT2D eigenvalue weighted by Crippen LogP contribution is -2.17. The molecule has 0 amide bonds. The molecule has 1 aromatic heterocycles. The van der Waals surface area contributed by atoms with Crippen molar-refractivity contribution in [2.24, 2.45) is 0 Å². The van der Waals surface area contributed by atoms with Crippen LogP contribution in [0, 0.1) is 0 Å². The monoisotopic (exact) mass is 243 g/mol. The summed E-state index contributed by atoms with van der Waals surface area (Å²) < 4.78 is 5.43. The van der Waals surface area contributed by atoms with E-state index in [9.17, 15) is 0 Å². The molecule has 2 aromatic rings. The summed E-state index contributed by atoms with van der Waals surface area (Å²) in [6.45, 7) is 5.09. The molecule has 0 radical (unpaired) electrons.